The van der Waals surface area contributed by atoms with Crippen LogP contribution in [0.3, 0.4) is 0 Å². The van der Waals surface area contributed by atoms with Crippen molar-refractivity contribution in [1.29, 1.82) is 0 Å². The van der Waals surface area contributed by atoms with Crippen LogP contribution in [0.15, 0.2) is 30.5 Å². The first kappa shape index (κ1) is 37.0. The molecule has 0 aliphatic carbocycles. The molecular formula is C41H58N6O4. The first-order valence-electron chi connectivity index (χ1n) is 18.7. The lowest BCUT2D eigenvalue weighted by atomic mass is 9.81. The normalized spacial score (nSPS) is 19.2. The van der Waals surface area contributed by atoms with Crippen molar-refractivity contribution in [3.05, 3.63) is 58.5 Å². The van der Waals surface area contributed by atoms with E-state index in [1.54, 1.807) is 0 Å². The van der Waals surface area contributed by atoms with Gasteiger partial charge in [0, 0.05) is 68.0 Å². The van der Waals surface area contributed by atoms with E-state index in [1.165, 1.54) is 11.1 Å². The number of aliphatic carboxylic acids is 1. The second-order valence-corrected chi connectivity index (χ2v) is 17.3. The van der Waals surface area contributed by atoms with Gasteiger partial charge in [-0.25, -0.2) is 9.78 Å². The lowest BCUT2D eigenvalue weighted by molar-refractivity contribution is -0.160. The minimum Gasteiger partial charge on any atom is -0.479 e. The van der Waals surface area contributed by atoms with E-state index in [-0.39, 0.29) is 11.3 Å². The summed E-state index contributed by atoms with van der Waals surface area (Å²) in [6, 6.07) is 8.70. The van der Waals surface area contributed by atoms with Gasteiger partial charge in [0.1, 0.15) is 5.82 Å². The molecule has 0 radical (unpaired) electrons. The summed E-state index contributed by atoms with van der Waals surface area (Å²) in [4.78, 5) is 34.5. The molecule has 0 amide bonds. The molecule has 0 bridgehead atoms. The molecule has 3 aliphatic rings. The second kappa shape index (κ2) is 14.0. The highest BCUT2D eigenvalue weighted by molar-refractivity contribution is 5.88. The molecular weight excluding hydrogens is 640 g/mol. The number of ether oxygens (including phenoxy) is 1. The fourth-order valence-electron chi connectivity index (χ4n) is 8.11. The Balaban J connectivity index is 1.32. The lowest BCUT2D eigenvalue weighted by Crippen LogP contribution is -2.42. The molecule has 3 aliphatic heterocycles. The molecule has 1 atom stereocenters. The topological polar surface area (TPSA) is 115 Å². The van der Waals surface area contributed by atoms with Gasteiger partial charge in [-0.15, -0.1) is 0 Å². The van der Waals surface area contributed by atoms with Crippen molar-refractivity contribution >= 4 is 23.4 Å². The SMILES string of the molecule is Cc1nc(C)c([C@H](OC(C)(C)C)C(=O)O)c(N2CCC(C)(C)CC2)c1-c1ccc2c(c1)CCN(c1ccnc(N3CCC(C(C)(C)O)CC3)n1)C2. The number of hydrogen-bond acceptors (Lipinski definition) is 9. The molecule has 10 nitrogen and oxygen atoms in total. The number of rotatable bonds is 8. The predicted molar refractivity (Wildman–Crippen MR) is 204 cm³/mol. The number of aliphatic hydroxyl groups is 1. The van der Waals surface area contributed by atoms with E-state index >= 15 is 0 Å². The van der Waals surface area contributed by atoms with Crippen LogP contribution in [-0.4, -0.2) is 75.1 Å². The molecule has 0 saturated carbocycles. The molecule has 276 valence electrons. The molecule has 5 heterocycles. The van der Waals surface area contributed by atoms with Gasteiger partial charge < -0.3 is 29.6 Å². The first-order chi connectivity index (χ1) is 23.9. The third kappa shape index (κ3) is 8.17. The number of pyridine rings is 1. The molecule has 2 aromatic heterocycles. The Labute approximate surface area is 304 Å². The number of fused-ring (bicyclic) bond motifs is 1. The van der Waals surface area contributed by atoms with Crippen molar-refractivity contribution in [3.63, 3.8) is 0 Å². The van der Waals surface area contributed by atoms with E-state index in [4.69, 9.17) is 14.7 Å². The smallest absolute Gasteiger partial charge is 0.337 e. The van der Waals surface area contributed by atoms with Gasteiger partial charge >= 0.3 is 5.97 Å². The lowest BCUT2D eigenvalue weighted by Gasteiger charge is -2.41. The quantitative estimate of drug-likeness (QED) is 0.249. The number of benzene rings is 1. The van der Waals surface area contributed by atoms with Crippen molar-refractivity contribution in [1.82, 2.24) is 15.0 Å². The van der Waals surface area contributed by atoms with Gasteiger partial charge in [-0.3, -0.25) is 4.98 Å². The van der Waals surface area contributed by atoms with Crippen LogP contribution < -0.4 is 14.7 Å². The summed E-state index contributed by atoms with van der Waals surface area (Å²) in [5, 5.41) is 21.1. The molecule has 6 rings (SSSR count). The second-order valence-electron chi connectivity index (χ2n) is 17.3. The van der Waals surface area contributed by atoms with Gasteiger partial charge in [0.05, 0.1) is 16.9 Å². The van der Waals surface area contributed by atoms with Crippen molar-refractivity contribution in [3.8, 4) is 11.1 Å². The van der Waals surface area contributed by atoms with Crippen molar-refractivity contribution < 1.29 is 19.7 Å². The maximum Gasteiger partial charge on any atom is 0.337 e. The summed E-state index contributed by atoms with van der Waals surface area (Å²) < 4.78 is 6.28. The highest BCUT2D eigenvalue weighted by Gasteiger charge is 2.37. The highest BCUT2D eigenvalue weighted by Crippen LogP contribution is 2.45. The maximum absolute atomic E-state index is 12.9. The Morgan fingerprint density at radius 2 is 1.59 bits per heavy atom. The van der Waals surface area contributed by atoms with Crippen LogP contribution in [0.25, 0.3) is 11.1 Å². The van der Waals surface area contributed by atoms with Gasteiger partial charge in [-0.05, 0) is 115 Å². The fourth-order valence-corrected chi connectivity index (χ4v) is 8.11. The van der Waals surface area contributed by atoms with Gasteiger partial charge in [0.2, 0.25) is 5.95 Å². The summed E-state index contributed by atoms with van der Waals surface area (Å²) in [6.45, 7) is 23.1. The van der Waals surface area contributed by atoms with Crippen molar-refractivity contribution in [2.45, 2.75) is 118 Å². The molecule has 10 heteroatoms. The van der Waals surface area contributed by atoms with Gasteiger partial charge in [-0.1, -0.05) is 32.0 Å². The molecule has 0 unspecified atom stereocenters. The van der Waals surface area contributed by atoms with Gasteiger partial charge in [0.25, 0.3) is 0 Å². The van der Waals surface area contributed by atoms with Crippen LogP contribution in [-0.2, 0) is 22.5 Å². The first-order valence-corrected chi connectivity index (χ1v) is 18.7. The van der Waals surface area contributed by atoms with Crippen LogP contribution >= 0.6 is 0 Å². The molecule has 2 N–H and O–H groups in total. The number of aryl methyl sites for hydroxylation is 2. The molecule has 2 fully saturated rings. The number of hydrogen-bond donors (Lipinski definition) is 2. The minimum atomic E-state index is -1.14. The Kier molecular flexibility index (Phi) is 10.2. The van der Waals surface area contributed by atoms with E-state index in [0.717, 1.165) is 106 Å². The summed E-state index contributed by atoms with van der Waals surface area (Å²) in [5.74, 6) is 0.964. The highest BCUT2D eigenvalue weighted by atomic mass is 16.5. The fraction of sp³-hybridized carbons (Fsp3) is 0.610. The Morgan fingerprint density at radius 1 is 0.902 bits per heavy atom. The summed E-state index contributed by atoms with van der Waals surface area (Å²) in [7, 11) is 0. The van der Waals surface area contributed by atoms with Crippen LogP contribution in [0.5, 0.6) is 0 Å². The zero-order valence-corrected chi connectivity index (χ0v) is 32.2. The zero-order valence-electron chi connectivity index (χ0n) is 32.2. The van der Waals surface area contributed by atoms with E-state index in [9.17, 15) is 15.0 Å². The number of anilines is 3. The number of aromatic nitrogens is 3. The van der Waals surface area contributed by atoms with E-state index in [0.29, 0.717) is 11.3 Å². The van der Waals surface area contributed by atoms with Crippen LogP contribution in [0.1, 0.15) is 108 Å². The average molecular weight is 699 g/mol. The van der Waals surface area contributed by atoms with Gasteiger partial charge in [-0.2, -0.15) is 4.98 Å². The standard InChI is InChI=1S/C41H58N6O4/c1-26-33(35(45-22-16-40(6,7)17-23-45)34(27(2)43-26)36(37(48)49)51-39(3,4)5)29-10-11-30-25-47(19-13-28(30)24-29)32-12-18-42-38(44-32)46-20-14-31(15-21-46)41(8,9)50/h10-12,18,24,31,36,50H,13-17,19-23,25H2,1-9H3,(H,48,49)/t36-/m0/s1. The monoisotopic (exact) mass is 698 g/mol. The minimum absolute atomic E-state index is 0.234. The number of carboxylic acids is 1. The van der Waals surface area contributed by atoms with E-state index in [2.05, 4.69) is 51.7 Å². The third-order valence-corrected chi connectivity index (χ3v) is 11.2. The number of carbonyl (C=O) groups is 1. The van der Waals surface area contributed by atoms with Crippen LogP contribution in [0.2, 0.25) is 0 Å². The largest absolute Gasteiger partial charge is 0.479 e. The summed E-state index contributed by atoms with van der Waals surface area (Å²) >= 11 is 0. The molecule has 51 heavy (non-hydrogen) atoms. The molecule has 3 aromatic rings. The van der Waals surface area contributed by atoms with Crippen molar-refractivity contribution in [2.75, 3.05) is 47.4 Å². The molecule has 2 saturated heterocycles. The van der Waals surface area contributed by atoms with Crippen LogP contribution in [0, 0.1) is 25.2 Å². The number of nitrogens with zero attached hydrogens (tertiary/aromatic N) is 6. The van der Waals surface area contributed by atoms with E-state index < -0.39 is 23.3 Å². The molecule has 0 spiro atoms. The summed E-state index contributed by atoms with van der Waals surface area (Å²) in [5.41, 5.74) is 6.73. The Hall–Kier alpha value is -3.76. The Morgan fingerprint density at radius 3 is 2.22 bits per heavy atom. The van der Waals surface area contributed by atoms with Gasteiger partial charge in [0.15, 0.2) is 6.10 Å². The number of carboxylic acid groups (broad SMARTS) is 1. The maximum atomic E-state index is 12.9. The predicted octanol–water partition coefficient (Wildman–Crippen LogP) is 7.27. The Bertz CT molecular complexity index is 1740. The average Bonchev–Trinajstić information content (AvgIpc) is 3.06. The summed E-state index contributed by atoms with van der Waals surface area (Å²) in [6.07, 6.45) is 5.47. The zero-order chi connectivity index (χ0) is 36.9. The number of piperidine rings is 2. The third-order valence-electron chi connectivity index (χ3n) is 11.2. The van der Waals surface area contributed by atoms with Crippen molar-refractivity contribution in [2.24, 2.45) is 11.3 Å². The molecule has 1 aromatic carbocycles. The van der Waals surface area contributed by atoms with E-state index in [1.807, 2.05) is 60.7 Å². The van der Waals surface area contributed by atoms with Crippen LogP contribution in [0.4, 0.5) is 17.5 Å².